The number of carbonyl (C=O) groups is 2. The fraction of sp³-hybridized carbons (Fsp3) is 0.103. The second-order valence-electron chi connectivity index (χ2n) is 8.62. The zero-order valence-electron chi connectivity index (χ0n) is 19.3. The van der Waals surface area contributed by atoms with Crippen LogP contribution >= 0.6 is 0 Å². The van der Waals surface area contributed by atoms with Crippen molar-refractivity contribution in [2.45, 2.75) is 12.6 Å². The van der Waals surface area contributed by atoms with Gasteiger partial charge in [-0.2, -0.15) is 0 Å². The fourth-order valence-corrected chi connectivity index (χ4v) is 4.67. The predicted molar refractivity (Wildman–Crippen MR) is 137 cm³/mol. The van der Waals surface area contributed by atoms with Gasteiger partial charge in [0.25, 0.3) is 11.8 Å². The standard InChI is InChI=1S/C29H23N3O4/c33-28-23(22-11-4-6-12-24(22)31-28)14-20-16-32(25-13-7-5-10-21(20)25)27(26-17-35-18-36-26)29(34)30-15-19-8-2-1-3-9-19/h1-14,16-17,27H,15,18H2,(H,30,34)(H,31,33). The quantitative estimate of drug-likeness (QED) is 0.390. The van der Waals surface area contributed by atoms with E-state index in [1.807, 2.05) is 95.7 Å². The Labute approximate surface area is 207 Å². The zero-order valence-corrected chi connectivity index (χ0v) is 19.3. The Hall–Kier alpha value is -4.78. The number of hydrogen-bond donors (Lipinski definition) is 2. The Bertz CT molecular complexity index is 1530. The number of hydrogen-bond acceptors (Lipinski definition) is 4. The summed E-state index contributed by atoms with van der Waals surface area (Å²) in [5.74, 6) is 0.0457. The van der Waals surface area contributed by atoms with Crippen LogP contribution < -0.4 is 10.6 Å². The lowest BCUT2D eigenvalue weighted by molar-refractivity contribution is -0.124. The number of nitrogens with one attached hydrogen (secondary N) is 2. The number of anilines is 1. The Balaban J connectivity index is 1.42. The molecular formula is C29H23N3O4. The van der Waals surface area contributed by atoms with Gasteiger partial charge in [-0.3, -0.25) is 9.59 Å². The number of ether oxygens (including phenoxy) is 2. The van der Waals surface area contributed by atoms with E-state index in [4.69, 9.17) is 9.47 Å². The highest BCUT2D eigenvalue weighted by Gasteiger charge is 2.31. The summed E-state index contributed by atoms with van der Waals surface area (Å²) < 4.78 is 12.9. The Morgan fingerprint density at radius 3 is 2.64 bits per heavy atom. The minimum atomic E-state index is -0.780. The van der Waals surface area contributed by atoms with Crippen LogP contribution in [0.5, 0.6) is 0 Å². The molecular weight excluding hydrogens is 454 g/mol. The molecule has 2 amide bonds. The predicted octanol–water partition coefficient (Wildman–Crippen LogP) is 4.84. The SMILES string of the molecule is O=C1Nc2ccccc2C1=Cc1cn(C(C(=O)NCc2ccccc2)C2=COCO2)c2ccccc12. The molecule has 6 rings (SSSR count). The van der Waals surface area contributed by atoms with Crippen LogP contribution in [-0.4, -0.2) is 23.2 Å². The van der Waals surface area contributed by atoms with Gasteiger partial charge in [0.2, 0.25) is 6.79 Å². The molecule has 1 atom stereocenters. The Morgan fingerprint density at radius 2 is 1.81 bits per heavy atom. The molecule has 1 aromatic heterocycles. The second-order valence-corrected chi connectivity index (χ2v) is 8.62. The summed E-state index contributed by atoms with van der Waals surface area (Å²) in [6.45, 7) is 0.447. The van der Waals surface area contributed by atoms with Crippen molar-refractivity contribution < 1.29 is 19.1 Å². The molecule has 0 saturated carbocycles. The molecule has 2 aliphatic rings. The molecule has 0 bridgehead atoms. The number of benzene rings is 3. The van der Waals surface area contributed by atoms with Crippen LogP contribution in [0, 0.1) is 0 Å². The third-order valence-corrected chi connectivity index (χ3v) is 6.38. The minimum Gasteiger partial charge on any atom is -0.462 e. The number of amides is 2. The third kappa shape index (κ3) is 3.90. The molecule has 4 aromatic rings. The normalized spacial score (nSPS) is 16.2. The topological polar surface area (TPSA) is 81.6 Å². The monoisotopic (exact) mass is 477 g/mol. The van der Waals surface area contributed by atoms with Gasteiger partial charge in [0, 0.05) is 46.0 Å². The number of aromatic nitrogens is 1. The van der Waals surface area contributed by atoms with E-state index in [9.17, 15) is 9.59 Å². The van der Waals surface area contributed by atoms with Crippen molar-refractivity contribution in [1.29, 1.82) is 0 Å². The van der Waals surface area contributed by atoms with Gasteiger partial charge in [-0.15, -0.1) is 0 Å². The summed E-state index contributed by atoms with van der Waals surface area (Å²) in [4.78, 5) is 26.3. The van der Waals surface area contributed by atoms with Gasteiger partial charge >= 0.3 is 0 Å². The molecule has 3 heterocycles. The number of rotatable bonds is 6. The van der Waals surface area contributed by atoms with Crippen LogP contribution in [-0.2, 0) is 25.6 Å². The maximum Gasteiger partial charge on any atom is 0.256 e. The average Bonchev–Trinajstić information content (AvgIpc) is 3.63. The summed E-state index contributed by atoms with van der Waals surface area (Å²) >= 11 is 0. The van der Waals surface area contributed by atoms with Gasteiger partial charge in [0.05, 0.1) is 0 Å². The molecule has 0 saturated heterocycles. The van der Waals surface area contributed by atoms with E-state index < -0.39 is 6.04 Å². The van der Waals surface area contributed by atoms with Crippen molar-refractivity contribution in [2.75, 3.05) is 12.1 Å². The smallest absolute Gasteiger partial charge is 0.256 e. The van der Waals surface area contributed by atoms with Crippen molar-refractivity contribution in [3.05, 3.63) is 114 Å². The van der Waals surface area contributed by atoms with E-state index in [0.29, 0.717) is 17.9 Å². The van der Waals surface area contributed by atoms with Crippen molar-refractivity contribution >= 4 is 40.1 Å². The van der Waals surface area contributed by atoms with Crippen molar-refractivity contribution in [3.63, 3.8) is 0 Å². The lowest BCUT2D eigenvalue weighted by Crippen LogP contribution is -2.33. The van der Waals surface area contributed by atoms with Crippen LogP contribution in [0.1, 0.15) is 22.7 Å². The molecule has 2 aliphatic heterocycles. The van der Waals surface area contributed by atoms with E-state index in [1.54, 1.807) is 0 Å². The molecule has 7 nitrogen and oxygen atoms in total. The van der Waals surface area contributed by atoms with E-state index in [1.165, 1.54) is 6.26 Å². The van der Waals surface area contributed by atoms with Gasteiger partial charge in [0.15, 0.2) is 11.8 Å². The lowest BCUT2D eigenvalue weighted by Gasteiger charge is -2.19. The summed E-state index contributed by atoms with van der Waals surface area (Å²) in [6.07, 6.45) is 5.25. The molecule has 0 radical (unpaired) electrons. The van der Waals surface area contributed by atoms with Gasteiger partial charge in [-0.25, -0.2) is 0 Å². The lowest BCUT2D eigenvalue weighted by atomic mass is 10.0. The van der Waals surface area contributed by atoms with Gasteiger partial charge in [0.1, 0.15) is 6.26 Å². The highest BCUT2D eigenvalue weighted by atomic mass is 16.7. The number of para-hydroxylation sites is 2. The molecule has 36 heavy (non-hydrogen) atoms. The maximum absolute atomic E-state index is 13.5. The molecule has 0 spiro atoms. The highest BCUT2D eigenvalue weighted by Crippen LogP contribution is 2.36. The van der Waals surface area contributed by atoms with E-state index >= 15 is 0 Å². The average molecular weight is 478 g/mol. The third-order valence-electron chi connectivity index (χ3n) is 6.38. The molecule has 0 aliphatic carbocycles. The highest BCUT2D eigenvalue weighted by molar-refractivity contribution is 6.35. The van der Waals surface area contributed by atoms with E-state index in [-0.39, 0.29) is 18.6 Å². The van der Waals surface area contributed by atoms with E-state index in [0.717, 1.165) is 33.3 Å². The molecule has 7 heteroatoms. The van der Waals surface area contributed by atoms with E-state index in [2.05, 4.69) is 10.6 Å². The van der Waals surface area contributed by atoms with Gasteiger partial charge < -0.3 is 24.7 Å². The second kappa shape index (κ2) is 9.11. The fourth-order valence-electron chi connectivity index (χ4n) is 4.67. The van der Waals surface area contributed by atoms with Crippen LogP contribution in [0.15, 0.2) is 97.1 Å². The van der Waals surface area contributed by atoms with Crippen molar-refractivity contribution in [1.82, 2.24) is 9.88 Å². The van der Waals surface area contributed by atoms with Crippen molar-refractivity contribution in [2.24, 2.45) is 0 Å². The Morgan fingerprint density at radius 1 is 1.03 bits per heavy atom. The first kappa shape index (κ1) is 21.7. The maximum atomic E-state index is 13.5. The van der Waals surface area contributed by atoms with Crippen molar-refractivity contribution in [3.8, 4) is 0 Å². The number of carbonyl (C=O) groups excluding carboxylic acids is 2. The largest absolute Gasteiger partial charge is 0.462 e. The first-order chi connectivity index (χ1) is 17.7. The molecule has 3 aromatic carbocycles. The number of nitrogens with zero attached hydrogens (tertiary/aromatic N) is 1. The first-order valence-corrected chi connectivity index (χ1v) is 11.7. The summed E-state index contributed by atoms with van der Waals surface area (Å²) in [5.41, 5.74) is 4.89. The van der Waals surface area contributed by atoms with Crippen LogP contribution in [0.3, 0.4) is 0 Å². The number of fused-ring (bicyclic) bond motifs is 2. The molecule has 0 fully saturated rings. The van der Waals surface area contributed by atoms with Crippen LogP contribution in [0.2, 0.25) is 0 Å². The minimum absolute atomic E-state index is 0.0604. The molecule has 178 valence electrons. The summed E-state index contributed by atoms with van der Waals surface area (Å²) in [5, 5.41) is 6.86. The van der Waals surface area contributed by atoms with Crippen LogP contribution in [0.4, 0.5) is 5.69 Å². The van der Waals surface area contributed by atoms with Gasteiger partial charge in [-0.05, 0) is 23.8 Å². The Kier molecular flexibility index (Phi) is 5.50. The molecule has 1 unspecified atom stereocenters. The van der Waals surface area contributed by atoms with Crippen LogP contribution in [0.25, 0.3) is 22.6 Å². The molecule has 2 N–H and O–H groups in total. The summed E-state index contributed by atoms with van der Waals surface area (Å²) in [6, 6.07) is 24.4. The summed E-state index contributed by atoms with van der Waals surface area (Å²) in [7, 11) is 0. The zero-order chi connectivity index (χ0) is 24.5. The first-order valence-electron chi connectivity index (χ1n) is 11.7. The van der Waals surface area contributed by atoms with Gasteiger partial charge in [-0.1, -0.05) is 66.7 Å².